The lowest BCUT2D eigenvalue weighted by atomic mass is 10.2. The van der Waals surface area contributed by atoms with E-state index in [0.29, 0.717) is 29.0 Å². The molecule has 17 heavy (non-hydrogen) atoms. The van der Waals surface area contributed by atoms with Crippen LogP contribution in [0.15, 0.2) is 18.2 Å². The van der Waals surface area contributed by atoms with Crippen molar-refractivity contribution in [2.24, 2.45) is 5.73 Å². The monoisotopic (exact) mass is 255 g/mol. The molecule has 5 heteroatoms. The number of amides is 1. The zero-order valence-electron chi connectivity index (χ0n) is 9.48. The minimum Gasteiger partial charge on any atom is -0.480 e. The average molecular weight is 256 g/mol. The van der Waals surface area contributed by atoms with Crippen LogP contribution in [0.25, 0.3) is 0 Å². The summed E-state index contributed by atoms with van der Waals surface area (Å²) in [4.78, 5) is 22.0. The number of benzene rings is 1. The predicted octanol–water partition coefficient (Wildman–Crippen LogP) is 2.19. The Balaban J connectivity index is 2.92. The van der Waals surface area contributed by atoms with E-state index in [1.165, 1.54) is 6.07 Å². The first-order chi connectivity index (χ1) is 8.08. The first-order valence-electron chi connectivity index (χ1n) is 5.29. The SMILES string of the molecule is CCCC(Oc1ccc(Cl)cc1C=O)C(N)=O. The van der Waals surface area contributed by atoms with Crippen molar-refractivity contribution in [1.29, 1.82) is 0 Å². The average Bonchev–Trinajstić information content (AvgIpc) is 2.30. The maximum absolute atomic E-state index is 11.1. The van der Waals surface area contributed by atoms with Gasteiger partial charge < -0.3 is 10.5 Å². The Hall–Kier alpha value is -1.55. The van der Waals surface area contributed by atoms with Gasteiger partial charge in [0.05, 0.1) is 5.56 Å². The molecule has 4 nitrogen and oxygen atoms in total. The van der Waals surface area contributed by atoms with Crippen LogP contribution in [0.3, 0.4) is 0 Å². The fraction of sp³-hybridized carbons (Fsp3) is 0.333. The van der Waals surface area contributed by atoms with E-state index in [9.17, 15) is 9.59 Å². The van der Waals surface area contributed by atoms with Crippen molar-refractivity contribution in [2.75, 3.05) is 0 Å². The zero-order chi connectivity index (χ0) is 12.8. The summed E-state index contributed by atoms with van der Waals surface area (Å²) in [5.74, 6) is -0.222. The van der Waals surface area contributed by atoms with E-state index in [0.717, 1.165) is 6.42 Å². The summed E-state index contributed by atoms with van der Waals surface area (Å²) in [5.41, 5.74) is 5.52. The van der Waals surface area contributed by atoms with Crippen LogP contribution < -0.4 is 10.5 Å². The van der Waals surface area contributed by atoms with Crippen LogP contribution >= 0.6 is 11.6 Å². The fourth-order valence-corrected chi connectivity index (χ4v) is 1.57. The second kappa shape index (κ2) is 6.25. The molecular weight excluding hydrogens is 242 g/mol. The summed E-state index contributed by atoms with van der Waals surface area (Å²) < 4.78 is 5.43. The number of hydrogen-bond acceptors (Lipinski definition) is 3. The molecule has 92 valence electrons. The van der Waals surface area contributed by atoms with Crippen molar-refractivity contribution in [3.05, 3.63) is 28.8 Å². The van der Waals surface area contributed by atoms with Gasteiger partial charge in [0.1, 0.15) is 5.75 Å². The molecule has 1 unspecified atom stereocenters. The Bertz CT molecular complexity index is 420. The van der Waals surface area contributed by atoms with Crippen molar-refractivity contribution in [3.8, 4) is 5.75 Å². The maximum Gasteiger partial charge on any atom is 0.258 e. The largest absolute Gasteiger partial charge is 0.480 e. The van der Waals surface area contributed by atoms with E-state index in [1.54, 1.807) is 12.1 Å². The number of aldehydes is 1. The molecule has 0 saturated carbocycles. The van der Waals surface area contributed by atoms with Gasteiger partial charge in [-0.1, -0.05) is 24.9 Å². The van der Waals surface area contributed by atoms with E-state index < -0.39 is 12.0 Å². The summed E-state index contributed by atoms with van der Waals surface area (Å²) >= 11 is 5.75. The second-order valence-electron chi connectivity index (χ2n) is 3.60. The number of carbonyl (C=O) groups excluding carboxylic acids is 2. The molecule has 1 aromatic carbocycles. The first kappa shape index (κ1) is 13.5. The van der Waals surface area contributed by atoms with Gasteiger partial charge in [0, 0.05) is 5.02 Å². The van der Waals surface area contributed by atoms with Gasteiger partial charge in [0.25, 0.3) is 5.91 Å². The lowest BCUT2D eigenvalue weighted by Gasteiger charge is -2.16. The highest BCUT2D eigenvalue weighted by molar-refractivity contribution is 6.30. The lowest BCUT2D eigenvalue weighted by molar-refractivity contribution is -0.125. The first-order valence-corrected chi connectivity index (χ1v) is 5.67. The highest BCUT2D eigenvalue weighted by Gasteiger charge is 2.17. The number of hydrogen-bond donors (Lipinski definition) is 1. The maximum atomic E-state index is 11.1. The Kier molecular flexibility index (Phi) is 4.97. The third-order valence-electron chi connectivity index (χ3n) is 2.24. The van der Waals surface area contributed by atoms with Crippen LogP contribution in [-0.4, -0.2) is 18.3 Å². The zero-order valence-corrected chi connectivity index (χ0v) is 10.2. The van der Waals surface area contributed by atoms with Crippen molar-refractivity contribution in [2.45, 2.75) is 25.9 Å². The number of ether oxygens (including phenoxy) is 1. The minimum atomic E-state index is -0.722. The molecule has 1 rings (SSSR count). The molecule has 0 bridgehead atoms. The van der Waals surface area contributed by atoms with Gasteiger partial charge in [-0.05, 0) is 24.6 Å². The molecule has 0 radical (unpaired) electrons. The summed E-state index contributed by atoms with van der Waals surface area (Å²) in [7, 11) is 0. The molecule has 0 spiro atoms. The van der Waals surface area contributed by atoms with E-state index in [4.69, 9.17) is 22.1 Å². The van der Waals surface area contributed by atoms with E-state index in [1.807, 2.05) is 6.92 Å². The molecule has 1 amide bonds. The summed E-state index contributed by atoms with van der Waals surface area (Å²) in [6, 6.07) is 4.62. The predicted molar refractivity (Wildman–Crippen MR) is 65.4 cm³/mol. The molecule has 0 heterocycles. The van der Waals surface area contributed by atoms with Crippen molar-refractivity contribution < 1.29 is 14.3 Å². The van der Waals surface area contributed by atoms with Crippen LogP contribution in [0.5, 0.6) is 5.75 Å². The number of halogens is 1. The topological polar surface area (TPSA) is 69.4 Å². The van der Waals surface area contributed by atoms with Gasteiger partial charge in [0.15, 0.2) is 12.4 Å². The highest BCUT2D eigenvalue weighted by atomic mass is 35.5. The third-order valence-corrected chi connectivity index (χ3v) is 2.47. The van der Waals surface area contributed by atoms with Crippen LogP contribution in [0.1, 0.15) is 30.1 Å². The quantitative estimate of drug-likeness (QED) is 0.792. The van der Waals surface area contributed by atoms with Crippen LogP contribution in [0, 0.1) is 0 Å². The second-order valence-corrected chi connectivity index (χ2v) is 4.03. The smallest absolute Gasteiger partial charge is 0.258 e. The van der Waals surface area contributed by atoms with Crippen LogP contribution in [0.4, 0.5) is 0 Å². The lowest BCUT2D eigenvalue weighted by Crippen LogP contribution is -2.33. The normalized spacial score (nSPS) is 11.9. The van der Waals surface area contributed by atoms with E-state index >= 15 is 0 Å². The molecule has 2 N–H and O–H groups in total. The fourth-order valence-electron chi connectivity index (χ4n) is 1.39. The molecule has 0 aliphatic carbocycles. The van der Waals surface area contributed by atoms with Gasteiger partial charge in [0.2, 0.25) is 0 Å². The van der Waals surface area contributed by atoms with Gasteiger partial charge in [-0.3, -0.25) is 9.59 Å². The molecule has 0 aromatic heterocycles. The van der Waals surface area contributed by atoms with Gasteiger partial charge in [-0.15, -0.1) is 0 Å². The molecule has 0 saturated heterocycles. The van der Waals surface area contributed by atoms with Crippen molar-refractivity contribution in [3.63, 3.8) is 0 Å². The van der Waals surface area contributed by atoms with Gasteiger partial charge in [-0.25, -0.2) is 0 Å². The van der Waals surface area contributed by atoms with Crippen molar-refractivity contribution in [1.82, 2.24) is 0 Å². The van der Waals surface area contributed by atoms with E-state index in [-0.39, 0.29) is 0 Å². The Labute approximate surface area is 105 Å². The van der Waals surface area contributed by atoms with Crippen LogP contribution in [-0.2, 0) is 4.79 Å². The third kappa shape index (κ3) is 3.75. The summed E-state index contributed by atoms with van der Waals surface area (Å²) in [6.07, 6.45) is 1.18. The molecule has 1 aromatic rings. The summed E-state index contributed by atoms with van der Waals surface area (Å²) in [6.45, 7) is 1.92. The molecule has 0 fully saturated rings. The molecule has 0 aliphatic heterocycles. The highest BCUT2D eigenvalue weighted by Crippen LogP contribution is 2.23. The standard InChI is InChI=1S/C12H14ClNO3/c1-2-3-11(12(14)16)17-10-5-4-9(13)6-8(10)7-15/h4-7,11H,2-3H2,1H3,(H2,14,16). The van der Waals surface area contributed by atoms with Gasteiger partial charge >= 0.3 is 0 Å². The number of carbonyl (C=O) groups is 2. The Morgan fingerprint density at radius 2 is 2.29 bits per heavy atom. The van der Waals surface area contributed by atoms with Crippen molar-refractivity contribution >= 4 is 23.8 Å². The number of rotatable bonds is 6. The molecule has 0 aliphatic rings. The summed E-state index contributed by atoms with van der Waals surface area (Å²) in [5, 5.41) is 0.436. The van der Waals surface area contributed by atoms with Gasteiger partial charge in [-0.2, -0.15) is 0 Å². The molecular formula is C12H14ClNO3. The van der Waals surface area contributed by atoms with Crippen LogP contribution in [0.2, 0.25) is 5.02 Å². The Morgan fingerprint density at radius 3 is 2.82 bits per heavy atom. The number of primary amides is 1. The molecule has 1 atom stereocenters. The van der Waals surface area contributed by atoms with E-state index in [2.05, 4.69) is 0 Å². The Morgan fingerprint density at radius 1 is 1.59 bits per heavy atom. The number of nitrogens with two attached hydrogens (primary N) is 1. The minimum absolute atomic E-state index is 0.305.